The van der Waals surface area contributed by atoms with Gasteiger partial charge < -0.3 is 0 Å². The van der Waals surface area contributed by atoms with Gasteiger partial charge in [0.25, 0.3) is 0 Å². The summed E-state index contributed by atoms with van der Waals surface area (Å²) in [6, 6.07) is 0. The molecule has 8 heteroatoms. The highest BCUT2D eigenvalue weighted by Crippen LogP contribution is 2.45. The zero-order chi connectivity index (χ0) is 28.7. The van der Waals surface area contributed by atoms with E-state index in [4.69, 9.17) is 0 Å². The van der Waals surface area contributed by atoms with Gasteiger partial charge in [-0.1, -0.05) is 104 Å². The Morgan fingerprint density at radius 1 is 0.579 bits per heavy atom. The van der Waals surface area contributed by atoms with Crippen molar-refractivity contribution in [2.45, 2.75) is 130 Å². The quantitative estimate of drug-likeness (QED) is 0.0926. The Labute approximate surface area is 259 Å². The number of ketones is 2. The maximum Gasteiger partial charge on any atom is 0.173 e. The van der Waals surface area contributed by atoms with Crippen LogP contribution in [0.1, 0.15) is 110 Å². The highest BCUT2D eigenvalue weighted by atomic mass is 79.9. The lowest BCUT2D eigenvalue weighted by atomic mass is 10.00. The molecule has 2 heterocycles. The van der Waals surface area contributed by atoms with E-state index in [1.165, 1.54) is 47.5 Å². The summed E-state index contributed by atoms with van der Waals surface area (Å²) in [5.74, 6) is 0.467. The number of rotatable bonds is 17. The monoisotopic (exact) mass is 718 g/mol. The molecule has 0 saturated carbocycles. The van der Waals surface area contributed by atoms with Crippen molar-refractivity contribution >= 4 is 91.2 Å². The van der Waals surface area contributed by atoms with Gasteiger partial charge in [0.2, 0.25) is 0 Å². The number of Topliss-reactive ketones (excluding diaryl/α,β-unsaturated/α-hetero) is 2. The molecular formula is C30H48Br2O2S2Si2. The van der Waals surface area contributed by atoms with Crippen LogP contribution in [-0.2, 0) is 0 Å². The molecule has 0 aliphatic carbocycles. The molecule has 0 fully saturated rings. The van der Waals surface area contributed by atoms with Crippen LogP contribution in [0.15, 0.2) is 8.95 Å². The summed E-state index contributed by atoms with van der Waals surface area (Å²) in [6.45, 7) is 18.5. The molecule has 0 atom stereocenters. The first kappa shape index (κ1) is 34.3. The van der Waals surface area contributed by atoms with Gasteiger partial charge >= 0.3 is 0 Å². The van der Waals surface area contributed by atoms with Crippen LogP contribution in [0.5, 0.6) is 0 Å². The standard InChI is InChI=1S/C30H48Br2O2S2Si2/c1-9-11-13-15-17-19-21(33)27-23(25(31)29(35-27)37(3,4)5)24-26(32)30(38(6,7)8)36-28(24)22(34)20-18-16-14-12-10-2/h9-20H2,1-8H3. The molecule has 0 spiro atoms. The van der Waals surface area contributed by atoms with E-state index in [-0.39, 0.29) is 11.6 Å². The van der Waals surface area contributed by atoms with Crippen molar-refractivity contribution in [3.8, 4) is 11.1 Å². The van der Waals surface area contributed by atoms with E-state index < -0.39 is 16.1 Å². The summed E-state index contributed by atoms with van der Waals surface area (Å²) in [5.41, 5.74) is 1.96. The van der Waals surface area contributed by atoms with Crippen molar-refractivity contribution in [2.75, 3.05) is 0 Å². The molecule has 0 saturated heterocycles. The van der Waals surface area contributed by atoms with E-state index >= 15 is 0 Å². The fourth-order valence-corrected chi connectivity index (χ4v) is 16.2. The van der Waals surface area contributed by atoms with Crippen molar-refractivity contribution < 1.29 is 9.59 Å². The second-order valence-corrected chi connectivity index (χ2v) is 26.9. The number of hydrogen-bond donors (Lipinski definition) is 0. The van der Waals surface area contributed by atoms with E-state index in [1.807, 2.05) is 0 Å². The maximum absolute atomic E-state index is 13.7. The number of halogens is 2. The first-order valence-corrected chi connectivity index (χ1v) is 24.7. The van der Waals surface area contributed by atoms with Crippen LogP contribution in [0.25, 0.3) is 11.1 Å². The molecule has 0 aliphatic heterocycles. The third-order valence-corrected chi connectivity index (χ3v) is 19.3. The van der Waals surface area contributed by atoms with E-state index in [2.05, 4.69) is 85.0 Å². The third kappa shape index (κ3) is 9.07. The topological polar surface area (TPSA) is 34.1 Å². The Hall–Kier alpha value is 0.134. The Balaban J connectivity index is 2.61. The lowest BCUT2D eigenvalue weighted by molar-refractivity contribution is 0.0973. The van der Waals surface area contributed by atoms with Gasteiger partial charge in [0, 0.05) is 41.9 Å². The minimum Gasteiger partial charge on any atom is -0.293 e. The summed E-state index contributed by atoms with van der Waals surface area (Å²) >= 11 is 11.3. The van der Waals surface area contributed by atoms with E-state index in [0.29, 0.717) is 12.8 Å². The fourth-order valence-electron chi connectivity index (χ4n) is 4.63. The van der Waals surface area contributed by atoms with Gasteiger partial charge in [-0.15, -0.1) is 22.7 Å². The van der Waals surface area contributed by atoms with Gasteiger partial charge in [-0.3, -0.25) is 9.59 Å². The first-order valence-electron chi connectivity index (χ1n) is 14.5. The third-order valence-electron chi connectivity index (χ3n) is 6.83. The second-order valence-electron chi connectivity index (χ2n) is 12.6. The predicted molar refractivity (Wildman–Crippen MR) is 184 cm³/mol. The molecule has 0 aliphatic rings. The zero-order valence-electron chi connectivity index (χ0n) is 24.9. The summed E-state index contributed by atoms with van der Waals surface area (Å²) in [6.07, 6.45) is 12.5. The fraction of sp³-hybridized carbons (Fsp3) is 0.667. The average Bonchev–Trinajstić information content (AvgIpc) is 3.35. The van der Waals surface area contributed by atoms with E-state index in [9.17, 15) is 9.59 Å². The lowest BCUT2D eigenvalue weighted by Gasteiger charge is -2.15. The molecule has 0 radical (unpaired) electrons. The summed E-state index contributed by atoms with van der Waals surface area (Å²) in [4.78, 5) is 29.2. The molecule has 0 N–H and O–H groups in total. The number of carbonyl (C=O) groups is 2. The molecule has 38 heavy (non-hydrogen) atoms. The van der Waals surface area contributed by atoms with Gasteiger partial charge in [-0.05, 0) is 44.7 Å². The Morgan fingerprint density at radius 3 is 1.18 bits per heavy atom. The van der Waals surface area contributed by atoms with Gasteiger partial charge in [-0.2, -0.15) is 0 Å². The summed E-state index contributed by atoms with van der Waals surface area (Å²) < 4.78 is 4.72. The molecule has 2 rings (SSSR count). The minimum atomic E-state index is -1.71. The molecule has 0 aromatic carbocycles. The van der Waals surface area contributed by atoms with Gasteiger partial charge in [-0.25, -0.2) is 0 Å². The predicted octanol–water partition coefficient (Wildman–Crippen LogP) is 11.2. The van der Waals surface area contributed by atoms with Gasteiger partial charge in [0.05, 0.1) is 25.9 Å². The van der Waals surface area contributed by atoms with Crippen molar-refractivity contribution in [1.82, 2.24) is 0 Å². The smallest absolute Gasteiger partial charge is 0.173 e. The van der Waals surface area contributed by atoms with Crippen LogP contribution in [0.4, 0.5) is 0 Å². The van der Waals surface area contributed by atoms with Crippen molar-refractivity contribution in [2.24, 2.45) is 0 Å². The van der Waals surface area contributed by atoms with Crippen LogP contribution >= 0.6 is 54.5 Å². The largest absolute Gasteiger partial charge is 0.293 e. The molecule has 0 bridgehead atoms. The second kappa shape index (κ2) is 15.4. The SMILES string of the molecule is CCCCCCCC(=O)c1sc([Si](C)(C)C)c(Br)c1-c1c(C(=O)CCCCCCC)sc([Si](C)(C)C)c1Br. The van der Waals surface area contributed by atoms with Crippen LogP contribution in [0.3, 0.4) is 0 Å². The Kier molecular flexibility index (Phi) is 13.9. The van der Waals surface area contributed by atoms with Crippen LogP contribution in [0, 0.1) is 0 Å². The minimum absolute atomic E-state index is 0.234. The van der Waals surface area contributed by atoms with Gasteiger partial charge in [0.1, 0.15) is 0 Å². The van der Waals surface area contributed by atoms with Gasteiger partial charge in [0.15, 0.2) is 11.6 Å². The van der Waals surface area contributed by atoms with E-state index in [1.54, 1.807) is 22.7 Å². The summed E-state index contributed by atoms with van der Waals surface area (Å²) in [5, 5.41) is 0. The first-order chi connectivity index (χ1) is 17.8. The van der Waals surface area contributed by atoms with Crippen molar-refractivity contribution in [1.29, 1.82) is 0 Å². The molecule has 2 aromatic rings. The number of hydrogen-bond acceptors (Lipinski definition) is 4. The molecule has 2 nitrogen and oxygen atoms in total. The highest BCUT2D eigenvalue weighted by molar-refractivity contribution is 9.11. The number of thiophene rings is 2. The van der Waals surface area contributed by atoms with E-state index in [0.717, 1.165) is 55.5 Å². The van der Waals surface area contributed by atoms with Crippen molar-refractivity contribution in [3.05, 3.63) is 18.7 Å². The zero-order valence-corrected chi connectivity index (χ0v) is 31.7. The number of carbonyl (C=O) groups excluding carboxylic acids is 2. The highest BCUT2D eigenvalue weighted by Gasteiger charge is 2.35. The molecule has 0 amide bonds. The maximum atomic E-state index is 13.7. The summed E-state index contributed by atoms with van der Waals surface area (Å²) in [7, 11) is -3.42. The van der Waals surface area contributed by atoms with Crippen LogP contribution in [-0.4, -0.2) is 27.7 Å². The lowest BCUT2D eigenvalue weighted by Crippen LogP contribution is -2.36. The normalized spacial score (nSPS) is 12.4. The molecule has 2 aromatic heterocycles. The molecule has 0 unspecified atom stereocenters. The number of unbranched alkanes of at least 4 members (excludes halogenated alkanes) is 8. The molecule has 214 valence electrons. The van der Waals surface area contributed by atoms with Crippen LogP contribution in [0.2, 0.25) is 39.3 Å². The van der Waals surface area contributed by atoms with Crippen molar-refractivity contribution in [3.63, 3.8) is 0 Å². The average molecular weight is 721 g/mol. The molecular weight excluding hydrogens is 672 g/mol. The Morgan fingerprint density at radius 2 is 0.895 bits per heavy atom. The van der Waals surface area contributed by atoms with Crippen LogP contribution < -0.4 is 9.00 Å². The Bertz CT molecular complexity index is 1010.